The van der Waals surface area contributed by atoms with Crippen molar-refractivity contribution in [3.8, 4) is 0 Å². The van der Waals surface area contributed by atoms with Gasteiger partial charge in [0.25, 0.3) is 0 Å². The van der Waals surface area contributed by atoms with E-state index in [2.05, 4.69) is 17.9 Å². The minimum Gasteiger partial charge on any atom is -0.444 e. The number of hydrogen-bond donors (Lipinski definition) is 1. The van der Waals surface area contributed by atoms with Gasteiger partial charge < -0.3 is 15.4 Å². The van der Waals surface area contributed by atoms with Crippen LogP contribution in [-0.4, -0.2) is 47.7 Å². The third-order valence-electron chi connectivity index (χ3n) is 3.79. The monoisotopic (exact) mass is 305 g/mol. The smallest absolute Gasteiger partial charge is 0.410 e. The highest BCUT2D eigenvalue weighted by molar-refractivity contribution is 5.68. The third-order valence-corrected chi connectivity index (χ3v) is 3.79. The standard InChI is InChI=1S/C17H27N3O2/c1-13-5-6-15(18)11-14(13)12-19-7-9-20(10-8-19)16(21)22-17(2,3)4/h5-6,11H,7-10,12,18H2,1-4H3. The molecule has 0 radical (unpaired) electrons. The molecule has 0 atom stereocenters. The van der Waals surface area contributed by atoms with E-state index in [9.17, 15) is 4.79 Å². The highest BCUT2D eigenvalue weighted by Gasteiger charge is 2.25. The number of piperazine rings is 1. The Kier molecular flexibility index (Phi) is 4.96. The van der Waals surface area contributed by atoms with Crippen molar-refractivity contribution in [3.63, 3.8) is 0 Å². The zero-order chi connectivity index (χ0) is 16.3. The summed E-state index contributed by atoms with van der Waals surface area (Å²) in [5.74, 6) is 0. The lowest BCUT2D eigenvalue weighted by Gasteiger charge is -2.35. The Bertz CT molecular complexity index is 529. The van der Waals surface area contributed by atoms with Gasteiger partial charge in [0, 0.05) is 38.4 Å². The van der Waals surface area contributed by atoms with E-state index in [0.29, 0.717) is 13.1 Å². The van der Waals surface area contributed by atoms with E-state index < -0.39 is 5.60 Å². The first-order valence-electron chi connectivity index (χ1n) is 7.80. The lowest BCUT2D eigenvalue weighted by molar-refractivity contribution is 0.0139. The number of nitrogens with two attached hydrogens (primary N) is 1. The van der Waals surface area contributed by atoms with Gasteiger partial charge in [-0.05, 0) is 51.0 Å². The number of hydrogen-bond acceptors (Lipinski definition) is 4. The Morgan fingerprint density at radius 2 is 1.86 bits per heavy atom. The molecule has 0 unspecified atom stereocenters. The summed E-state index contributed by atoms with van der Waals surface area (Å²) in [6.45, 7) is 11.8. The Morgan fingerprint density at radius 3 is 2.45 bits per heavy atom. The van der Waals surface area contributed by atoms with Gasteiger partial charge >= 0.3 is 6.09 Å². The first-order valence-corrected chi connectivity index (χ1v) is 7.80. The van der Waals surface area contributed by atoms with Crippen LogP contribution in [0.5, 0.6) is 0 Å². The fraction of sp³-hybridized carbons (Fsp3) is 0.588. The molecule has 1 aliphatic rings. The predicted molar refractivity (Wildman–Crippen MR) is 88.7 cm³/mol. The van der Waals surface area contributed by atoms with Crippen molar-refractivity contribution in [1.82, 2.24) is 9.80 Å². The molecule has 1 aliphatic heterocycles. The number of anilines is 1. The predicted octanol–water partition coefficient (Wildman–Crippen LogP) is 2.63. The van der Waals surface area contributed by atoms with Crippen LogP contribution in [-0.2, 0) is 11.3 Å². The number of ether oxygens (including phenoxy) is 1. The summed E-state index contributed by atoms with van der Waals surface area (Å²) < 4.78 is 5.42. The molecule has 2 N–H and O–H groups in total. The summed E-state index contributed by atoms with van der Waals surface area (Å²) in [6, 6.07) is 6.02. The van der Waals surface area contributed by atoms with Gasteiger partial charge in [0.05, 0.1) is 0 Å². The van der Waals surface area contributed by atoms with Crippen LogP contribution in [0.4, 0.5) is 10.5 Å². The first kappa shape index (κ1) is 16.6. The van der Waals surface area contributed by atoms with Crippen LogP contribution in [0.15, 0.2) is 18.2 Å². The van der Waals surface area contributed by atoms with Gasteiger partial charge in [-0.1, -0.05) is 6.07 Å². The normalized spacial score (nSPS) is 16.6. The quantitative estimate of drug-likeness (QED) is 0.853. The van der Waals surface area contributed by atoms with Crippen LogP contribution in [0.25, 0.3) is 0 Å². The number of carbonyl (C=O) groups is 1. The van der Waals surface area contributed by atoms with E-state index in [1.54, 1.807) is 4.90 Å². The van der Waals surface area contributed by atoms with Gasteiger partial charge in [-0.3, -0.25) is 4.90 Å². The zero-order valence-electron chi connectivity index (χ0n) is 14.1. The Labute approximate surface area is 133 Å². The fourth-order valence-corrected chi connectivity index (χ4v) is 2.52. The number of amides is 1. The number of nitrogens with zero attached hydrogens (tertiary/aromatic N) is 2. The minimum absolute atomic E-state index is 0.215. The molecule has 5 heteroatoms. The molecule has 1 saturated heterocycles. The summed E-state index contributed by atoms with van der Waals surface area (Å²) in [7, 11) is 0. The van der Waals surface area contributed by atoms with Crippen molar-refractivity contribution in [3.05, 3.63) is 29.3 Å². The van der Waals surface area contributed by atoms with Crippen LogP contribution in [0.3, 0.4) is 0 Å². The van der Waals surface area contributed by atoms with Gasteiger partial charge in [0.15, 0.2) is 0 Å². The van der Waals surface area contributed by atoms with E-state index in [0.717, 1.165) is 25.3 Å². The Morgan fingerprint density at radius 1 is 1.23 bits per heavy atom. The topological polar surface area (TPSA) is 58.8 Å². The van der Waals surface area contributed by atoms with Crippen LogP contribution < -0.4 is 5.73 Å². The molecular formula is C17H27N3O2. The van der Waals surface area contributed by atoms with E-state index in [4.69, 9.17) is 10.5 Å². The number of nitrogen functional groups attached to an aromatic ring is 1. The second-order valence-corrected chi connectivity index (χ2v) is 6.93. The lowest BCUT2D eigenvalue weighted by Crippen LogP contribution is -2.49. The molecule has 2 rings (SSSR count). The molecule has 122 valence electrons. The number of aryl methyl sites for hydroxylation is 1. The van der Waals surface area contributed by atoms with E-state index in [-0.39, 0.29) is 6.09 Å². The molecule has 0 aromatic heterocycles. The van der Waals surface area contributed by atoms with Crippen LogP contribution in [0, 0.1) is 6.92 Å². The second kappa shape index (κ2) is 6.57. The maximum absolute atomic E-state index is 12.0. The molecule has 1 fully saturated rings. The summed E-state index contributed by atoms with van der Waals surface area (Å²) in [4.78, 5) is 16.2. The molecule has 1 heterocycles. The van der Waals surface area contributed by atoms with Crippen molar-refractivity contribution < 1.29 is 9.53 Å². The van der Waals surface area contributed by atoms with Crippen molar-refractivity contribution >= 4 is 11.8 Å². The van der Waals surface area contributed by atoms with E-state index in [1.165, 1.54) is 11.1 Å². The van der Waals surface area contributed by atoms with Gasteiger partial charge in [0.1, 0.15) is 5.60 Å². The molecule has 22 heavy (non-hydrogen) atoms. The molecule has 1 amide bonds. The number of carbonyl (C=O) groups excluding carboxylic acids is 1. The summed E-state index contributed by atoms with van der Waals surface area (Å²) in [6.07, 6.45) is -0.215. The average Bonchev–Trinajstić information content (AvgIpc) is 2.42. The molecule has 1 aromatic carbocycles. The summed E-state index contributed by atoms with van der Waals surface area (Å²) in [5.41, 5.74) is 8.74. The molecule has 0 spiro atoms. The molecular weight excluding hydrogens is 278 g/mol. The fourth-order valence-electron chi connectivity index (χ4n) is 2.52. The van der Waals surface area contributed by atoms with Gasteiger partial charge in [-0.25, -0.2) is 4.79 Å². The van der Waals surface area contributed by atoms with Crippen LogP contribution >= 0.6 is 0 Å². The average molecular weight is 305 g/mol. The highest BCUT2D eigenvalue weighted by atomic mass is 16.6. The van der Waals surface area contributed by atoms with Gasteiger partial charge in [-0.2, -0.15) is 0 Å². The highest BCUT2D eigenvalue weighted by Crippen LogP contribution is 2.17. The molecule has 1 aromatic rings. The Hall–Kier alpha value is -1.75. The minimum atomic E-state index is -0.438. The van der Waals surface area contributed by atoms with Crippen molar-refractivity contribution in [2.24, 2.45) is 0 Å². The van der Waals surface area contributed by atoms with Crippen molar-refractivity contribution in [1.29, 1.82) is 0 Å². The molecule has 0 bridgehead atoms. The maximum Gasteiger partial charge on any atom is 0.410 e. The Balaban J connectivity index is 1.87. The lowest BCUT2D eigenvalue weighted by atomic mass is 10.1. The first-order chi connectivity index (χ1) is 10.2. The number of rotatable bonds is 2. The van der Waals surface area contributed by atoms with Crippen LogP contribution in [0.1, 0.15) is 31.9 Å². The number of benzene rings is 1. The zero-order valence-corrected chi connectivity index (χ0v) is 14.1. The van der Waals surface area contributed by atoms with Crippen molar-refractivity contribution in [2.45, 2.75) is 39.8 Å². The molecule has 0 aliphatic carbocycles. The van der Waals surface area contributed by atoms with Crippen LogP contribution in [0.2, 0.25) is 0 Å². The third kappa shape index (κ3) is 4.63. The largest absolute Gasteiger partial charge is 0.444 e. The van der Waals surface area contributed by atoms with E-state index >= 15 is 0 Å². The maximum atomic E-state index is 12.0. The SMILES string of the molecule is Cc1ccc(N)cc1CN1CCN(C(=O)OC(C)(C)C)CC1. The van der Waals surface area contributed by atoms with E-state index in [1.807, 2.05) is 32.9 Å². The summed E-state index contributed by atoms with van der Waals surface area (Å²) in [5, 5.41) is 0. The van der Waals surface area contributed by atoms with Crippen molar-refractivity contribution in [2.75, 3.05) is 31.9 Å². The van der Waals surface area contributed by atoms with Gasteiger partial charge in [0.2, 0.25) is 0 Å². The summed E-state index contributed by atoms with van der Waals surface area (Å²) >= 11 is 0. The second-order valence-electron chi connectivity index (χ2n) is 6.93. The molecule has 5 nitrogen and oxygen atoms in total. The van der Waals surface area contributed by atoms with Gasteiger partial charge in [-0.15, -0.1) is 0 Å². The molecule has 0 saturated carbocycles.